The molecule has 0 rings (SSSR count). The van der Waals surface area contributed by atoms with Crippen LogP contribution in [0.1, 0.15) is 27.7 Å². The van der Waals surface area contributed by atoms with Crippen LogP contribution in [0.4, 0.5) is 0 Å². The summed E-state index contributed by atoms with van der Waals surface area (Å²) >= 11 is 0. The first-order valence-corrected chi connectivity index (χ1v) is 5.30. The number of hydrogen-bond donors (Lipinski definition) is 0. The fourth-order valence-corrected chi connectivity index (χ4v) is 1.15. The van der Waals surface area contributed by atoms with Crippen LogP contribution in [-0.4, -0.2) is 32.4 Å². The normalized spacial score (nSPS) is 11.5. The van der Waals surface area contributed by atoms with Crippen molar-refractivity contribution in [3.63, 3.8) is 0 Å². The third-order valence-corrected chi connectivity index (χ3v) is 1.54. The summed E-state index contributed by atoms with van der Waals surface area (Å²) in [6.45, 7) is 12.9. The summed E-state index contributed by atoms with van der Waals surface area (Å²) < 4.78 is 21.7. The number of ether oxygens (including phenoxy) is 4. The van der Waals surface area contributed by atoms with E-state index in [-0.39, 0.29) is 6.61 Å². The van der Waals surface area contributed by atoms with E-state index in [1.807, 2.05) is 20.8 Å². The molecule has 0 aromatic rings. The van der Waals surface area contributed by atoms with Gasteiger partial charge in [0.15, 0.2) is 0 Å². The van der Waals surface area contributed by atoms with Crippen molar-refractivity contribution in [3.05, 3.63) is 12.3 Å². The molecule has 0 bridgehead atoms. The molecule has 0 aromatic carbocycles. The predicted molar refractivity (Wildman–Crippen MR) is 58.4 cm³/mol. The Balaban J connectivity index is 4.47. The molecule has 0 aromatic heterocycles. The van der Waals surface area contributed by atoms with E-state index in [0.717, 1.165) is 0 Å². The second-order valence-corrected chi connectivity index (χ2v) is 2.99. The molecule has 0 spiro atoms. The molecule has 0 aliphatic heterocycles. The highest BCUT2D eigenvalue weighted by molar-refractivity contribution is 4.77. The third kappa shape index (κ3) is 5.77. The lowest BCUT2D eigenvalue weighted by Crippen LogP contribution is -2.43. The second kappa shape index (κ2) is 7.68. The van der Waals surface area contributed by atoms with Crippen molar-refractivity contribution in [1.29, 1.82) is 0 Å². The maximum atomic E-state index is 5.46. The van der Waals surface area contributed by atoms with Crippen molar-refractivity contribution < 1.29 is 18.9 Å². The molecule has 0 aliphatic rings. The van der Waals surface area contributed by atoms with E-state index < -0.39 is 5.97 Å². The Morgan fingerprint density at radius 3 is 1.93 bits per heavy atom. The van der Waals surface area contributed by atoms with Gasteiger partial charge in [-0.15, -0.1) is 0 Å². The highest BCUT2D eigenvalue weighted by Gasteiger charge is 2.34. The van der Waals surface area contributed by atoms with Gasteiger partial charge in [0.05, 0.1) is 19.0 Å². The van der Waals surface area contributed by atoms with Gasteiger partial charge in [0.1, 0.15) is 6.61 Å². The quantitative estimate of drug-likeness (QED) is 0.439. The molecule has 0 saturated heterocycles. The van der Waals surface area contributed by atoms with E-state index in [1.165, 1.54) is 0 Å². The first-order valence-electron chi connectivity index (χ1n) is 5.30. The molecule has 0 unspecified atom stereocenters. The first-order chi connectivity index (χ1) is 7.10. The van der Waals surface area contributed by atoms with Gasteiger partial charge >= 0.3 is 5.97 Å². The minimum atomic E-state index is -1.15. The summed E-state index contributed by atoms with van der Waals surface area (Å²) in [6.07, 6.45) is 0. The Hall–Kier alpha value is -0.580. The molecular formula is C11H22O4. The van der Waals surface area contributed by atoms with Gasteiger partial charge in [-0.2, -0.15) is 0 Å². The molecule has 0 fully saturated rings. The van der Waals surface area contributed by atoms with Gasteiger partial charge in [-0.25, -0.2) is 0 Å². The average Bonchev–Trinajstić information content (AvgIpc) is 2.14. The third-order valence-electron chi connectivity index (χ3n) is 1.54. The summed E-state index contributed by atoms with van der Waals surface area (Å²) in [6, 6.07) is 0. The van der Waals surface area contributed by atoms with Gasteiger partial charge in [0, 0.05) is 6.61 Å². The second-order valence-electron chi connectivity index (χ2n) is 2.99. The fraction of sp³-hybridized carbons (Fsp3) is 0.818. The Morgan fingerprint density at radius 1 is 1.07 bits per heavy atom. The SMILES string of the molecule is C=C(C)OC(COCC)(OCC)OCC. The zero-order valence-electron chi connectivity index (χ0n) is 10.2. The molecule has 0 heterocycles. The fourth-order valence-electron chi connectivity index (χ4n) is 1.15. The van der Waals surface area contributed by atoms with Crippen LogP contribution >= 0.6 is 0 Å². The molecule has 0 aliphatic carbocycles. The summed E-state index contributed by atoms with van der Waals surface area (Å²) in [5.41, 5.74) is 0. The van der Waals surface area contributed by atoms with E-state index in [4.69, 9.17) is 18.9 Å². The smallest absolute Gasteiger partial charge is 0.351 e. The van der Waals surface area contributed by atoms with Crippen LogP contribution in [0.3, 0.4) is 0 Å². The Kier molecular flexibility index (Phi) is 7.38. The van der Waals surface area contributed by atoms with Crippen molar-refractivity contribution >= 4 is 0 Å². The van der Waals surface area contributed by atoms with E-state index >= 15 is 0 Å². The van der Waals surface area contributed by atoms with Gasteiger partial charge < -0.3 is 18.9 Å². The summed E-state index contributed by atoms with van der Waals surface area (Å²) in [5, 5.41) is 0. The predicted octanol–water partition coefficient (Wildman–Crippen LogP) is 2.30. The van der Waals surface area contributed by atoms with Crippen molar-refractivity contribution in [2.24, 2.45) is 0 Å². The van der Waals surface area contributed by atoms with Gasteiger partial charge in [-0.3, -0.25) is 0 Å². The van der Waals surface area contributed by atoms with Crippen LogP contribution in [0, 0.1) is 0 Å². The summed E-state index contributed by atoms with van der Waals surface area (Å²) in [4.78, 5) is 0. The van der Waals surface area contributed by atoms with Crippen LogP contribution in [0.15, 0.2) is 12.3 Å². The molecule has 4 heteroatoms. The summed E-state index contributed by atoms with van der Waals surface area (Å²) in [5.74, 6) is -0.609. The van der Waals surface area contributed by atoms with Crippen molar-refractivity contribution in [2.45, 2.75) is 33.7 Å². The van der Waals surface area contributed by atoms with E-state index in [1.54, 1.807) is 6.92 Å². The van der Waals surface area contributed by atoms with Crippen LogP contribution < -0.4 is 0 Å². The summed E-state index contributed by atoms with van der Waals surface area (Å²) in [7, 11) is 0. The number of allylic oxidation sites excluding steroid dienone is 1. The van der Waals surface area contributed by atoms with Gasteiger partial charge in [-0.1, -0.05) is 6.58 Å². The lowest BCUT2D eigenvalue weighted by atomic mass is 10.5. The molecule has 0 saturated carbocycles. The largest absolute Gasteiger partial charge is 0.443 e. The maximum absolute atomic E-state index is 5.46. The van der Waals surface area contributed by atoms with Gasteiger partial charge in [-0.05, 0) is 27.7 Å². The zero-order valence-corrected chi connectivity index (χ0v) is 10.2. The van der Waals surface area contributed by atoms with Crippen LogP contribution in [0.5, 0.6) is 0 Å². The Labute approximate surface area is 92.2 Å². The van der Waals surface area contributed by atoms with Gasteiger partial charge in [0.25, 0.3) is 0 Å². The van der Waals surface area contributed by atoms with Crippen molar-refractivity contribution in [3.8, 4) is 0 Å². The Bertz CT molecular complexity index is 173. The zero-order chi connectivity index (χ0) is 11.7. The van der Waals surface area contributed by atoms with E-state index in [9.17, 15) is 0 Å². The lowest BCUT2D eigenvalue weighted by molar-refractivity contribution is -0.378. The number of rotatable bonds is 9. The molecule has 15 heavy (non-hydrogen) atoms. The maximum Gasteiger partial charge on any atom is 0.351 e. The number of hydrogen-bond acceptors (Lipinski definition) is 4. The monoisotopic (exact) mass is 218 g/mol. The molecule has 0 amide bonds. The minimum absolute atomic E-state index is 0.234. The van der Waals surface area contributed by atoms with Crippen LogP contribution in [0.25, 0.3) is 0 Å². The Morgan fingerprint density at radius 2 is 1.60 bits per heavy atom. The van der Waals surface area contributed by atoms with Crippen molar-refractivity contribution in [2.75, 3.05) is 26.4 Å². The van der Waals surface area contributed by atoms with Crippen molar-refractivity contribution in [1.82, 2.24) is 0 Å². The molecule has 0 N–H and O–H groups in total. The first kappa shape index (κ1) is 14.4. The minimum Gasteiger partial charge on any atom is -0.443 e. The van der Waals surface area contributed by atoms with Gasteiger partial charge in [0.2, 0.25) is 0 Å². The molecule has 4 nitrogen and oxygen atoms in total. The highest BCUT2D eigenvalue weighted by Crippen LogP contribution is 2.19. The van der Waals surface area contributed by atoms with E-state index in [0.29, 0.717) is 25.6 Å². The standard InChI is InChI=1S/C11H22O4/c1-6-12-9-11(13-7-2,14-8-3)15-10(4)5/h4,6-9H2,1-3,5H3. The molecule has 90 valence electrons. The highest BCUT2D eigenvalue weighted by atomic mass is 16.9. The van der Waals surface area contributed by atoms with E-state index in [2.05, 4.69) is 6.58 Å². The molecule has 0 atom stereocenters. The lowest BCUT2D eigenvalue weighted by Gasteiger charge is -2.32. The molecule has 0 radical (unpaired) electrons. The van der Waals surface area contributed by atoms with Crippen LogP contribution in [-0.2, 0) is 18.9 Å². The van der Waals surface area contributed by atoms with Crippen LogP contribution in [0.2, 0.25) is 0 Å². The molecular weight excluding hydrogens is 196 g/mol. The average molecular weight is 218 g/mol. The topological polar surface area (TPSA) is 36.9 Å².